The maximum Gasteiger partial charge on any atom is 0.243 e. The molecule has 0 aliphatic carbocycles. The maximum atomic E-state index is 13.8. The average molecular weight is 497 g/mol. The molecule has 0 aliphatic rings. The largest absolute Gasteiger partial charge is 0.490 e. The monoisotopic (exact) mass is 496 g/mol. The Hall–Kier alpha value is -3.94. The number of hydrogen-bond acceptors (Lipinski definition) is 8. The van der Waals surface area contributed by atoms with E-state index in [1.165, 1.54) is 18.5 Å². The number of nitrogens with one attached hydrogen (secondary N) is 2. The molecule has 2 aromatic carbocycles. The van der Waals surface area contributed by atoms with Crippen LogP contribution < -0.4 is 20.3 Å². The molecule has 1 heterocycles. The van der Waals surface area contributed by atoms with Crippen molar-refractivity contribution in [3.63, 3.8) is 0 Å². The fraction of sp³-hybridized carbons (Fsp3) is 0.346. The highest BCUT2D eigenvalue weighted by Gasteiger charge is 2.13. The number of amides is 1. The first-order valence-corrected chi connectivity index (χ1v) is 11.5. The van der Waals surface area contributed by atoms with Crippen LogP contribution >= 0.6 is 0 Å². The first-order chi connectivity index (χ1) is 17.5. The third kappa shape index (κ3) is 7.53. The Morgan fingerprint density at radius 1 is 1.06 bits per heavy atom. The molecular weight excluding hydrogens is 467 g/mol. The smallest absolute Gasteiger partial charge is 0.243 e. The van der Waals surface area contributed by atoms with Gasteiger partial charge in [0, 0.05) is 30.7 Å². The Bertz CT molecular complexity index is 1210. The van der Waals surface area contributed by atoms with Crippen LogP contribution in [0.25, 0.3) is 10.9 Å². The molecule has 0 unspecified atom stereocenters. The van der Waals surface area contributed by atoms with E-state index in [1.54, 1.807) is 30.8 Å². The third-order valence-corrected chi connectivity index (χ3v) is 5.31. The first kappa shape index (κ1) is 26.7. The fourth-order valence-electron chi connectivity index (χ4n) is 3.45. The molecule has 0 spiro atoms. The molecule has 0 atom stereocenters. The Kier molecular flexibility index (Phi) is 10.2. The molecule has 3 N–H and O–H groups in total. The first-order valence-electron chi connectivity index (χ1n) is 11.5. The van der Waals surface area contributed by atoms with E-state index in [-0.39, 0.29) is 17.9 Å². The number of hydrogen-bond donors (Lipinski definition) is 3. The summed E-state index contributed by atoms with van der Waals surface area (Å²) >= 11 is 0. The van der Waals surface area contributed by atoms with Gasteiger partial charge in [0.25, 0.3) is 0 Å². The lowest BCUT2D eigenvalue weighted by molar-refractivity contribution is -0.129. The molecule has 0 fully saturated rings. The van der Waals surface area contributed by atoms with E-state index in [1.807, 2.05) is 0 Å². The standard InChI is InChI=1S/C26H29FN4O5/c1-3-18-14-19(9-10-21(18)27)30-26-20-15-23(35-11-7-5-4-6-8-25(32)31-33)24(36-13-12-34-2)16-22(20)28-17-29-26/h1,9-10,14-17,33H,4-8,11-13H2,2H3,(H,31,32)(H,28,29,30). The van der Waals surface area contributed by atoms with Gasteiger partial charge in [-0.1, -0.05) is 18.8 Å². The number of benzene rings is 2. The highest BCUT2D eigenvalue weighted by molar-refractivity contribution is 5.93. The number of nitrogens with zero attached hydrogens (tertiary/aromatic N) is 2. The van der Waals surface area contributed by atoms with Gasteiger partial charge in [-0.15, -0.1) is 6.42 Å². The predicted octanol–water partition coefficient (Wildman–Crippen LogP) is 4.35. The van der Waals surface area contributed by atoms with Gasteiger partial charge < -0.3 is 19.5 Å². The number of rotatable bonds is 14. The highest BCUT2D eigenvalue weighted by atomic mass is 19.1. The second-order valence-corrected chi connectivity index (χ2v) is 7.89. The van der Waals surface area contributed by atoms with Crippen molar-refractivity contribution >= 4 is 28.3 Å². The SMILES string of the molecule is C#Cc1cc(Nc2ncnc3cc(OCCOC)c(OCCCCCCC(=O)NO)cc23)ccc1F. The molecule has 3 rings (SSSR count). The predicted molar refractivity (Wildman–Crippen MR) is 133 cm³/mol. The van der Waals surface area contributed by atoms with Crippen molar-refractivity contribution in [1.29, 1.82) is 0 Å². The van der Waals surface area contributed by atoms with Gasteiger partial charge in [0.05, 0.1) is 24.3 Å². The lowest BCUT2D eigenvalue weighted by Crippen LogP contribution is -2.17. The maximum absolute atomic E-state index is 13.8. The number of unbranched alkanes of at least 4 members (excludes halogenated alkanes) is 3. The van der Waals surface area contributed by atoms with Crippen molar-refractivity contribution in [3.05, 3.63) is 48.0 Å². The Morgan fingerprint density at radius 2 is 1.83 bits per heavy atom. The summed E-state index contributed by atoms with van der Waals surface area (Å²) in [4.78, 5) is 19.8. The summed E-state index contributed by atoms with van der Waals surface area (Å²) < 4.78 is 30.8. The van der Waals surface area contributed by atoms with Crippen molar-refractivity contribution in [2.45, 2.75) is 32.1 Å². The lowest BCUT2D eigenvalue weighted by atomic mass is 10.1. The topological polar surface area (TPSA) is 115 Å². The number of ether oxygens (including phenoxy) is 3. The van der Waals surface area contributed by atoms with E-state index in [9.17, 15) is 9.18 Å². The second-order valence-electron chi connectivity index (χ2n) is 7.89. The molecule has 9 nitrogen and oxygen atoms in total. The molecule has 0 radical (unpaired) electrons. The van der Waals surface area contributed by atoms with E-state index >= 15 is 0 Å². The molecule has 36 heavy (non-hydrogen) atoms. The number of methoxy groups -OCH3 is 1. The number of terminal acetylenes is 1. The van der Waals surface area contributed by atoms with Crippen LogP contribution in [0.15, 0.2) is 36.7 Å². The summed E-state index contributed by atoms with van der Waals surface area (Å²) in [6.07, 6.45) is 10.3. The zero-order valence-corrected chi connectivity index (χ0v) is 20.1. The van der Waals surface area contributed by atoms with Crippen LogP contribution in [0.3, 0.4) is 0 Å². The zero-order valence-electron chi connectivity index (χ0n) is 20.1. The summed E-state index contributed by atoms with van der Waals surface area (Å²) in [7, 11) is 1.59. The van der Waals surface area contributed by atoms with Crippen LogP contribution in [0.2, 0.25) is 0 Å². The van der Waals surface area contributed by atoms with Crippen LogP contribution in [0.1, 0.15) is 37.7 Å². The summed E-state index contributed by atoms with van der Waals surface area (Å²) in [5.41, 5.74) is 3.00. The quantitative estimate of drug-likeness (QED) is 0.131. The molecule has 10 heteroatoms. The van der Waals surface area contributed by atoms with Gasteiger partial charge in [-0.2, -0.15) is 0 Å². The van der Waals surface area contributed by atoms with Crippen LogP contribution in [0, 0.1) is 18.2 Å². The van der Waals surface area contributed by atoms with Crippen molar-refractivity contribution in [2.75, 3.05) is 32.2 Å². The molecule has 3 aromatic rings. The van der Waals surface area contributed by atoms with E-state index in [2.05, 4.69) is 21.2 Å². The number of anilines is 2. The van der Waals surface area contributed by atoms with E-state index in [0.29, 0.717) is 60.1 Å². The van der Waals surface area contributed by atoms with E-state index in [0.717, 1.165) is 19.3 Å². The Balaban J connectivity index is 1.76. The number of carbonyl (C=O) groups excluding carboxylic acids is 1. The number of aromatic nitrogens is 2. The number of halogens is 1. The van der Waals surface area contributed by atoms with E-state index < -0.39 is 5.82 Å². The van der Waals surface area contributed by atoms with Crippen molar-refractivity contribution < 1.29 is 28.6 Å². The van der Waals surface area contributed by atoms with Gasteiger partial charge in [0.2, 0.25) is 5.91 Å². The molecule has 0 aliphatic heterocycles. The summed E-state index contributed by atoms with van der Waals surface area (Å²) in [6.45, 7) is 1.20. The van der Waals surface area contributed by atoms with Crippen LogP contribution in [-0.2, 0) is 9.53 Å². The summed E-state index contributed by atoms with van der Waals surface area (Å²) in [5, 5.41) is 12.4. The fourth-order valence-corrected chi connectivity index (χ4v) is 3.45. The minimum atomic E-state index is -0.471. The molecule has 1 amide bonds. The molecule has 190 valence electrons. The van der Waals surface area contributed by atoms with Crippen LogP contribution in [0.4, 0.5) is 15.9 Å². The van der Waals surface area contributed by atoms with Gasteiger partial charge >= 0.3 is 0 Å². The van der Waals surface area contributed by atoms with Crippen LogP contribution in [-0.4, -0.2) is 48.0 Å². The van der Waals surface area contributed by atoms with Gasteiger partial charge in [0.1, 0.15) is 24.6 Å². The van der Waals surface area contributed by atoms with Crippen molar-refractivity contribution in [3.8, 4) is 23.8 Å². The zero-order chi connectivity index (χ0) is 25.8. The van der Waals surface area contributed by atoms with Gasteiger partial charge in [-0.25, -0.2) is 19.8 Å². The second kappa shape index (κ2) is 13.8. The average Bonchev–Trinajstić information content (AvgIpc) is 2.89. The number of carbonyl (C=O) groups is 1. The van der Waals surface area contributed by atoms with Gasteiger partial charge in [-0.3, -0.25) is 10.0 Å². The number of fused-ring (bicyclic) bond motifs is 1. The highest BCUT2D eigenvalue weighted by Crippen LogP contribution is 2.35. The summed E-state index contributed by atoms with van der Waals surface area (Å²) in [5.74, 6) is 3.03. The van der Waals surface area contributed by atoms with Crippen molar-refractivity contribution in [1.82, 2.24) is 15.4 Å². The van der Waals surface area contributed by atoms with E-state index in [4.69, 9.17) is 25.8 Å². The molecule has 0 saturated heterocycles. The van der Waals surface area contributed by atoms with Crippen molar-refractivity contribution in [2.24, 2.45) is 0 Å². The molecule has 0 saturated carbocycles. The number of hydroxylamine groups is 1. The molecule has 1 aromatic heterocycles. The normalized spacial score (nSPS) is 10.6. The minimum absolute atomic E-state index is 0.146. The Labute approximate surface area is 209 Å². The Morgan fingerprint density at radius 3 is 2.61 bits per heavy atom. The summed E-state index contributed by atoms with van der Waals surface area (Å²) in [6, 6.07) is 7.99. The lowest BCUT2D eigenvalue weighted by Gasteiger charge is -2.15. The van der Waals surface area contributed by atoms with Gasteiger partial charge in [-0.05, 0) is 37.1 Å². The molecular formula is C26H29FN4O5. The molecule has 0 bridgehead atoms. The van der Waals surface area contributed by atoms with Crippen LogP contribution in [0.5, 0.6) is 11.5 Å². The minimum Gasteiger partial charge on any atom is -0.490 e. The third-order valence-electron chi connectivity index (χ3n) is 5.31. The van der Waals surface area contributed by atoms with Gasteiger partial charge in [0.15, 0.2) is 11.5 Å².